The van der Waals surface area contributed by atoms with Gasteiger partial charge in [-0.05, 0) is 70.0 Å². The van der Waals surface area contributed by atoms with Gasteiger partial charge in [-0.3, -0.25) is 4.90 Å². The summed E-state index contributed by atoms with van der Waals surface area (Å²) in [5.74, 6) is 1.74. The van der Waals surface area contributed by atoms with Crippen LogP contribution in [0.3, 0.4) is 0 Å². The lowest BCUT2D eigenvalue weighted by Gasteiger charge is -2.35. The summed E-state index contributed by atoms with van der Waals surface area (Å²) in [5, 5.41) is 0.744. The largest absolute Gasteiger partial charge is 0.492 e. The molecule has 2 nitrogen and oxygen atoms in total. The number of likely N-dealkylation sites (tertiary alicyclic amines) is 1. The van der Waals surface area contributed by atoms with Crippen LogP contribution >= 0.6 is 11.6 Å². The number of benzene rings is 1. The Morgan fingerprint density at radius 3 is 2.48 bits per heavy atom. The molecule has 0 spiro atoms. The predicted molar refractivity (Wildman–Crippen MR) is 90.1 cm³/mol. The molecule has 1 atom stereocenters. The van der Waals surface area contributed by atoms with Crippen molar-refractivity contribution in [1.82, 2.24) is 4.90 Å². The monoisotopic (exact) mass is 307 g/mol. The zero-order valence-electron chi connectivity index (χ0n) is 13.3. The maximum atomic E-state index is 5.96. The average molecular weight is 308 g/mol. The third-order valence-electron chi connectivity index (χ3n) is 4.05. The third kappa shape index (κ3) is 5.37. The van der Waals surface area contributed by atoms with Crippen molar-refractivity contribution in [3.8, 4) is 5.75 Å². The summed E-state index contributed by atoms with van der Waals surface area (Å²) in [4.78, 5) is 2.54. The smallest absolute Gasteiger partial charge is 0.119 e. The second kappa shape index (κ2) is 7.86. The standard InChI is InChI=1S/C18H26ClNO/c1-14(2)12-17(20-10-8-15(3)9-11-20)13-21-18-6-4-16(19)5-7-18/h4-7,12,15,17H,8-11,13H2,1-3H3. The van der Waals surface area contributed by atoms with Crippen molar-refractivity contribution in [2.45, 2.75) is 39.7 Å². The summed E-state index contributed by atoms with van der Waals surface area (Å²) in [6.45, 7) is 9.68. The molecule has 1 fully saturated rings. The summed E-state index contributed by atoms with van der Waals surface area (Å²) in [7, 11) is 0. The first kappa shape index (κ1) is 16.4. The topological polar surface area (TPSA) is 12.5 Å². The maximum absolute atomic E-state index is 5.96. The fourth-order valence-electron chi connectivity index (χ4n) is 2.72. The minimum absolute atomic E-state index is 0.359. The first-order valence-corrected chi connectivity index (χ1v) is 8.20. The van der Waals surface area contributed by atoms with E-state index in [9.17, 15) is 0 Å². The first-order valence-electron chi connectivity index (χ1n) is 7.82. The molecule has 1 aromatic rings. The van der Waals surface area contributed by atoms with Gasteiger partial charge in [0.25, 0.3) is 0 Å². The quantitative estimate of drug-likeness (QED) is 0.725. The molecular weight excluding hydrogens is 282 g/mol. The number of rotatable bonds is 5. The highest BCUT2D eigenvalue weighted by Gasteiger charge is 2.22. The van der Waals surface area contributed by atoms with Gasteiger partial charge in [-0.15, -0.1) is 0 Å². The van der Waals surface area contributed by atoms with E-state index in [-0.39, 0.29) is 0 Å². The van der Waals surface area contributed by atoms with Crippen molar-refractivity contribution in [2.24, 2.45) is 5.92 Å². The lowest BCUT2D eigenvalue weighted by atomic mass is 9.97. The first-order chi connectivity index (χ1) is 10.0. The van der Waals surface area contributed by atoms with E-state index in [0.29, 0.717) is 12.6 Å². The Hall–Kier alpha value is -0.990. The molecule has 0 saturated carbocycles. The number of nitrogens with zero attached hydrogens (tertiary/aromatic N) is 1. The van der Waals surface area contributed by atoms with Gasteiger partial charge >= 0.3 is 0 Å². The molecule has 0 N–H and O–H groups in total. The number of allylic oxidation sites excluding steroid dienone is 1. The van der Waals surface area contributed by atoms with Gasteiger partial charge < -0.3 is 4.74 Å². The van der Waals surface area contributed by atoms with Crippen LogP contribution in [0, 0.1) is 5.92 Å². The van der Waals surface area contributed by atoms with Gasteiger partial charge in [0.2, 0.25) is 0 Å². The Balaban J connectivity index is 1.96. The maximum Gasteiger partial charge on any atom is 0.119 e. The van der Waals surface area contributed by atoms with Crippen molar-refractivity contribution in [3.63, 3.8) is 0 Å². The van der Waals surface area contributed by atoms with E-state index in [1.165, 1.54) is 31.5 Å². The van der Waals surface area contributed by atoms with Crippen molar-refractivity contribution < 1.29 is 4.74 Å². The van der Waals surface area contributed by atoms with E-state index in [1.807, 2.05) is 24.3 Å². The van der Waals surface area contributed by atoms with Gasteiger partial charge in [-0.2, -0.15) is 0 Å². The molecule has 3 heteroatoms. The molecule has 1 aliphatic heterocycles. The zero-order valence-corrected chi connectivity index (χ0v) is 14.1. The third-order valence-corrected chi connectivity index (χ3v) is 4.30. The summed E-state index contributed by atoms with van der Waals surface area (Å²) >= 11 is 5.91. The summed E-state index contributed by atoms with van der Waals surface area (Å²) < 4.78 is 5.96. The molecule has 116 valence electrons. The second-order valence-corrected chi connectivity index (χ2v) is 6.73. The molecule has 1 heterocycles. The Morgan fingerprint density at radius 2 is 1.90 bits per heavy atom. The van der Waals surface area contributed by atoms with E-state index in [1.54, 1.807) is 0 Å². The second-order valence-electron chi connectivity index (χ2n) is 6.29. The van der Waals surface area contributed by atoms with Gasteiger partial charge in [-0.25, -0.2) is 0 Å². The minimum Gasteiger partial charge on any atom is -0.492 e. The predicted octanol–water partition coefficient (Wildman–Crippen LogP) is 4.79. The lowest BCUT2D eigenvalue weighted by Crippen LogP contribution is -2.43. The Labute approximate surface area is 133 Å². The molecule has 0 radical (unpaired) electrons. The highest BCUT2D eigenvalue weighted by molar-refractivity contribution is 6.30. The SMILES string of the molecule is CC(C)=CC(COc1ccc(Cl)cc1)N1CCC(C)CC1. The zero-order chi connectivity index (χ0) is 15.2. The molecule has 0 amide bonds. The van der Waals surface area contributed by atoms with E-state index in [2.05, 4.69) is 31.7 Å². The van der Waals surface area contributed by atoms with Crippen molar-refractivity contribution >= 4 is 11.6 Å². The van der Waals surface area contributed by atoms with Crippen LogP contribution < -0.4 is 4.74 Å². The summed E-state index contributed by atoms with van der Waals surface area (Å²) in [6, 6.07) is 7.96. The summed E-state index contributed by atoms with van der Waals surface area (Å²) in [5.41, 5.74) is 1.35. The molecule has 1 unspecified atom stereocenters. The van der Waals surface area contributed by atoms with E-state index < -0.39 is 0 Å². The van der Waals surface area contributed by atoms with Gasteiger partial charge in [0, 0.05) is 5.02 Å². The Kier molecular flexibility index (Phi) is 6.13. The van der Waals surface area contributed by atoms with E-state index >= 15 is 0 Å². The van der Waals surface area contributed by atoms with Crippen LogP contribution in [0.25, 0.3) is 0 Å². The molecule has 0 aliphatic carbocycles. The molecule has 0 bridgehead atoms. The van der Waals surface area contributed by atoms with Crippen LogP contribution in [-0.2, 0) is 0 Å². The van der Waals surface area contributed by atoms with Gasteiger partial charge in [0.1, 0.15) is 12.4 Å². The minimum atomic E-state index is 0.359. The van der Waals surface area contributed by atoms with Crippen LogP contribution in [0.15, 0.2) is 35.9 Å². The van der Waals surface area contributed by atoms with Crippen LogP contribution in [0.5, 0.6) is 5.75 Å². The van der Waals surface area contributed by atoms with Gasteiger partial charge in [0.15, 0.2) is 0 Å². The van der Waals surface area contributed by atoms with Crippen LogP contribution in [-0.4, -0.2) is 30.6 Å². The number of ether oxygens (including phenoxy) is 1. The molecule has 1 aromatic carbocycles. The number of hydrogen-bond donors (Lipinski definition) is 0. The van der Waals surface area contributed by atoms with Crippen molar-refractivity contribution in [3.05, 3.63) is 40.9 Å². The molecular formula is C18H26ClNO. The van der Waals surface area contributed by atoms with E-state index in [0.717, 1.165) is 16.7 Å². The van der Waals surface area contributed by atoms with Crippen molar-refractivity contribution in [2.75, 3.05) is 19.7 Å². The lowest BCUT2D eigenvalue weighted by molar-refractivity contribution is 0.122. The normalized spacial score (nSPS) is 18.3. The van der Waals surface area contributed by atoms with Crippen LogP contribution in [0.2, 0.25) is 5.02 Å². The Bertz CT molecular complexity index is 457. The van der Waals surface area contributed by atoms with E-state index in [4.69, 9.17) is 16.3 Å². The number of hydrogen-bond acceptors (Lipinski definition) is 2. The summed E-state index contributed by atoms with van der Waals surface area (Å²) in [6.07, 6.45) is 4.90. The number of halogens is 1. The highest BCUT2D eigenvalue weighted by atomic mass is 35.5. The van der Waals surface area contributed by atoms with Gasteiger partial charge in [-0.1, -0.05) is 30.2 Å². The average Bonchev–Trinajstić information content (AvgIpc) is 2.46. The Morgan fingerprint density at radius 1 is 1.29 bits per heavy atom. The van der Waals surface area contributed by atoms with Gasteiger partial charge in [0.05, 0.1) is 6.04 Å². The van der Waals surface area contributed by atoms with Crippen molar-refractivity contribution in [1.29, 1.82) is 0 Å². The molecule has 1 saturated heterocycles. The number of piperidine rings is 1. The van der Waals surface area contributed by atoms with Crippen LogP contribution in [0.1, 0.15) is 33.6 Å². The van der Waals surface area contributed by atoms with Crippen LogP contribution in [0.4, 0.5) is 0 Å². The molecule has 1 aliphatic rings. The fourth-order valence-corrected chi connectivity index (χ4v) is 2.84. The highest BCUT2D eigenvalue weighted by Crippen LogP contribution is 2.21. The molecule has 21 heavy (non-hydrogen) atoms. The molecule has 2 rings (SSSR count). The molecule has 0 aromatic heterocycles. The fraction of sp³-hybridized carbons (Fsp3) is 0.556.